The average molecular weight is 511 g/mol. The molecule has 8 rings (SSSR count). The van der Waals surface area contributed by atoms with Crippen molar-refractivity contribution >= 4 is 43.5 Å². The number of hydrogen-bond acceptors (Lipinski definition) is 1. The third kappa shape index (κ3) is 3.63. The highest BCUT2D eigenvalue weighted by molar-refractivity contribution is 6.08. The first-order valence-corrected chi connectivity index (χ1v) is 13.8. The molecule has 1 atom stereocenters. The first-order valence-electron chi connectivity index (χ1n) is 13.8. The molecule has 40 heavy (non-hydrogen) atoms. The number of para-hydroxylation sites is 1. The number of benzene rings is 7. The second-order valence-electron chi connectivity index (χ2n) is 10.5. The fourth-order valence-corrected chi connectivity index (χ4v) is 6.39. The van der Waals surface area contributed by atoms with Gasteiger partial charge in [0.25, 0.3) is 0 Å². The van der Waals surface area contributed by atoms with Gasteiger partial charge in [-0.15, -0.1) is 0 Å². The van der Waals surface area contributed by atoms with Crippen molar-refractivity contribution in [1.82, 2.24) is 0 Å². The van der Waals surface area contributed by atoms with Crippen LogP contribution < -0.4 is 0 Å². The smallest absolute Gasteiger partial charge is 0.135 e. The predicted molar refractivity (Wildman–Crippen MR) is 168 cm³/mol. The molecule has 7 aromatic carbocycles. The lowest BCUT2D eigenvalue weighted by Crippen LogP contribution is -2.06. The highest BCUT2D eigenvalue weighted by Crippen LogP contribution is 2.44. The minimum Gasteiger partial charge on any atom is -0.456 e. The van der Waals surface area contributed by atoms with Crippen LogP contribution in [0.15, 0.2) is 156 Å². The molecule has 0 amide bonds. The van der Waals surface area contributed by atoms with Gasteiger partial charge in [0.05, 0.1) is 0 Å². The zero-order valence-corrected chi connectivity index (χ0v) is 21.9. The second-order valence-corrected chi connectivity index (χ2v) is 10.5. The van der Waals surface area contributed by atoms with Gasteiger partial charge in [0.2, 0.25) is 0 Å². The van der Waals surface area contributed by atoms with Gasteiger partial charge in [-0.2, -0.15) is 0 Å². The van der Waals surface area contributed by atoms with Crippen molar-refractivity contribution in [1.29, 1.82) is 0 Å². The maximum atomic E-state index is 6.20. The van der Waals surface area contributed by atoms with Crippen LogP contribution in [0.5, 0.6) is 0 Å². The zero-order chi connectivity index (χ0) is 26.5. The summed E-state index contributed by atoms with van der Waals surface area (Å²) in [6.07, 6.45) is 0. The van der Waals surface area contributed by atoms with Crippen molar-refractivity contribution in [2.75, 3.05) is 0 Å². The number of fused-ring (bicyclic) bond motifs is 5. The molecule has 0 aliphatic carbocycles. The van der Waals surface area contributed by atoms with Crippen LogP contribution in [0.3, 0.4) is 0 Å². The monoisotopic (exact) mass is 510 g/mol. The Morgan fingerprint density at radius 2 is 1.05 bits per heavy atom. The maximum Gasteiger partial charge on any atom is 0.135 e. The highest BCUT2D eigenvalue weighted by Gasteiger charge is 2.24. The van der Waals surface area contributed by atoms with Gasteiger partial charge in [-0.3, -0.25) is 0 Å². The molecule has 0 saturated carbocycles. The van der Waals surface area contributed by atoms with Crippen molar-refractivity contribution in [3.63, 3.8) is 0 Å². The van der Waals surface area contributed by atoms with Gasteiger partial charge in [0.1, 0.15) is 11.2 Å². The Hall–Kier alpha value is -5.14. The summed E-state index contributed by atoms with van der Waals surface area (Å²) < 4.78 is 6.20. The number of rotatable bonds is 4. The molecule has 0 saturated heterocycles. The molecule has 0 radical (unpaired) electrons. The number of furan rings is 1. The van der Waals surface area contributed by atoms with E-state index in [9.17, 15) is 0 Å². The summed E-state index contributed by atoms with van der Waals surface area (Å²) in [4.78, 5) is 0. The molecular formula is C39H26O. The lowest BCUT2D eigenvalue weighted by atomic mass is 9.79. The van der Waals surface area contributed by atoms with E-state index in [2.05, 4.69) is 140 Å². The Morgan fingerprint density at radius 3 is 1.90 bits per heavy atom. The van der Waals surface area contributed by atoms with Crippen LogP contribution in [0.1, 0.15) is 22.6 Å². The van der Waals surface area contributed by atoms with E-state index in [0.29, 0.717) is 0 Å². The Kier molecular flexibility index (Phi) is 5.28. The Bertz CT molecular complexity index is 2160. The lowest BCUT2D eigenvalue weighted by Gasteiger charge is -2.24. The highest BCUT2D eigenvalue weighted by atomic mass is 16.3. The van der Waals surface area contributed by atoms with E-state index >= 15 is 0 Å². The molecule has 1 aromatic heterocycles. The molecule has 1 unspecified atom stereocenters. The van der Waals surface area contributed by atoms with Gasteiger partial charge in [-0.25, -0.2) is 0 Å². The molecule has 0 bridgehead atoms. The number of hydrogen-bond donors (Lipinski definition) is 0. The quantitative estimate of drug-likeness (QED) is 0.215. The molecule has 188 valence electrons. The minimum absolute atomic E-state index is 0.0397. The Morgan fingerprint density at radius 1 is 0.400 bits per heavy atom. The first kappa shape index (κ1) is 22.8. The van der Waals surface area contributed by atoms with Crippen molar-refractivity contribution in [3.8, 4) is 11.1 Å². The van der Waals surface area contributed by atoms with Gasteiger partial charge < -0.3 is 4.42 Å². The summed E-state index contributed by atoms with van der Waals surface area (Å²) in [7, 11) is 0. The molecule has 0 spiro atoms. The molecule has 0 aliphatic heterocycles. The topological polar surface area (TPSA) is 13.1 Å². The molecule has 0 aliphatic rings. The van der Waals surface area contributed by atoms with Crippen LogP contribution >= 0.6 is 0 Å². The van der Waals surface area contributed by atoms with Gasteiger partial charge in [0, 0.05) is 16.7 Å². The van der Waals surface area contributed by atoms with Crippen molar-refractivity contribution < 1.29 is 4.42 Å². The first-order chi connectivity index (χ1) is 19.8. The van der Waals surface area contributed by atoms with Gasteiger partial charge in [0.15, 0.2) is 0 Å². The van der Waals surface area contributed by atoms with Crippen molar-refractivity contribution in [2.24, 2.45) is 0 Å². The third-order valence-electron chi connectivity index (χ3n) is 8.20. The van der Waals surface area contributed by atoms with Crippen molar-refractivity contribution in [2.45, 2.75) is 5.92 Å². The van der Waals surface area contributed by atoms with Crippen LogP contribution in [-0.4, -0.2) is 0 Å². The predicted octanol–water partition coefficient (Wildman–Crippen LogP) is 10.7. The SMILES string of the molecule is c1ccc(C(c2ccc3oc4ccccc4c3c2)c2ccc3ccccc3c2-c2cccc3ccccc23)cc1. The van der Waals surface area contributed by atoms with Crippen LogP contribution in [0.2, 0.25) is 0 Å². The van der Waals surface area contributed by atoms with Crippen molar-refractivity contribution in [3.05, 3.63) is 168 Å². The van der Waals surface area contributed by atoms with E-state index in [0.717, 1.165) is 21.9 Å². The molecule has 1 heteroatoms. The molecule has 0 fully saturated rings. The van der Waals surface area contributed by atoms with Gasteiger partial charge in [-0.1, -0.05) is 133 Å². The summed E-state index contributed by atoms with van der Waals surface area (Å²) in [5.74, 6) is 0.0397. The minimum atomic E-state index is 0.0397. The molecule has 1 heterocycles. The van der Waals surface area contributed by atoms with E-state index in [-0.39, 0.29) is 5.92 Å². The average Bonchev–Trinajstić information content (AvgIpc) is 3.39. The molecule has 1 nitrogen and oxygen atoms in total. The third-order valence-corrected chi connectivity index (χ3v) is 8.20. The van der Waals surface area contributed by atoms with E-state index in [1.54, 1.807) is 0 Å². The lowest BCUT2D eigenvalue weighted by molar-refractivity contribution is 0.668. The standard InChI is InChI=1S/C39H26O/c1-2-13-28(14-3-1)38(29-22-24-37-35(25-29)32-18-8-9-20-36(32)40-37)34-23-21-27-12-5-7-17-31(27)39(34)33-19-10-15-26-11-4-6-16-30(26)33/h1-25,38H. The normalized spacial score (nSPS) is 12.4. The van der Waals surface area contributed by atoms with E-state index in [1.807, 2.05) is 12.1 Å². The summed E-state index contributed by atoms with van der Waals surface area (Å²) in [6.45, 7) is 0. The van der Waals surface area contributed by atoms with Crippen LogP contribution in [0, 0.1) is 0 Å². The van der Waals surface area contributed by atoms with Crippen LogP contribution in [0.25, 0.3) is 54.6 Å². The summed E-state index contributed by atoms with van der Waals surface area (Å²) in [5.41, 5.74) is 8.22. The zero-order valence-electron chi connectivity index (χ0n) is 21.9. The van der Waals surface area contributed by atoms with E-state index in [4.69, 9.17) is 4.42 Å². The fraction of sp³-hybridized carbons (Fsp3) is 0.0256. The largest absolute Gasteiger partial charge is 0.456 e. The van der Waals surface area contributed by atoms with Crippen LogP contribution in [-0.2, 0) is 0 Å². The van der Waals surface area contributed by atoms with Crippen LogP contribution in [0.4, 0.5) is 0 Å². The molecule has 0 N–H and O–H groups in total. The van der Waals surface area contributed by atoms with E-state index in [1.165, 1.54) is 49.4 Å². The molecule has 8 aromatic rings. The Labute approximate surface area is 232 Å². The Balaban J connectivity index is 1.47. The van der Waals surface area contributed by atoms with E-state index < -0.39 is 0 Å². The molecular weight excluding hydrogens is 484 g/mol. The maximum absolute atomic E-state index is 6.20. The van der Waals surface area contributed by atoms with Gasteiger partial charge in [-0.05, 0) is 67.6 Å². The summed E-state index contributed by atoms with van der Waals surface area (Å²) >= 11 is 0. The summed E-state index contributed by atoms with van der Waals surface area (Å²) in [6, 6.07) is 54.7. The summed E-state index contributed by atoms with van der Waals surface area (Å²) in [5, 5.41) is 7.34. The van der Waals surface area contributed by atoms with Gasteiger partial charge >= 0.3 is 0 Å². The second kappa shape index (κ2) is 9.25. The fourth-order valence-electron chi connectivity index (χ4n) is 6.39.